The van der Waals surface area contributed by atoms with Gasteiger partial charge in [0.2, 0.25) is 0 Å². The highest BCUT2D eigenvalue weighted by atomic mass is 16.5. The molecule has 0 atom stereocenters. The second-order valence-corrected chi connectivity index (χ2v) is 7.42. The lowest BCUT2D eigenvalue weighted by Crippen LogP contribution is -2.29. The minimum atomic E-state index is -0.0385. The molecule has 126 valence electrons. The molecule has 2 fully saturated rings. The summed E-state index contributed by atoms with van der Waals surface area (Å²) in [5.74, 6) is 2.81. The van der Waals surface area contributed by atoms with Gasteiger partial charge in [-0.05, 0) is 62.7 Å². The average molecular weight is 306 g/mol. The molecule has 0 N–H and O–H groups in total. The van der Waals surface area contributed by atoms with E-state index >= 15 is 0 Å². The van der Waals surface area contributed by atoms with Crippen molar-refractivity contribution in [1.29, 1.82) is 0 Å². The molecule has 0 heterocycles. The summed E-state index contributed by atoms with van der Waals surface area (Å²) in [6.45, 7) is 5.96. The van der Waals surface area contributed by atoms with Crippen molar-refractivity contribution in [2.75, 3.05) is 0 Å². The van der Waals surface area contributed by atoms with Crippen LogP contribution in [0.4, 0.5) is 0 Å². The first-order valence-corrected chi connectivity index (χ1v) is 9.53. The van der Waals surface area contributed by atoms with Crippen LogP contribution in [0.1, 0.15) is 84.0 Å². The van der Waals surface area contributed by atoms with E-state index in [2.05, 4.69) is 13.5 Å². The molecule has 2 nitrogen and oxygen atoms in total. The standard InChI is InChI=1S/C20H34O2/c1-3-5-7-20(21)22-19-14-12-18(13-15-19)17-10-8-16(6-4-2)9-11-17/h3,16-19H,1,4-15H2,2H3/t16-,17-,18-,19-. The van der Waals surface area contributed by atoms with Gasteiger partial charge in [-0.25, -0.2) is 0 Å². The molecule has 0 bridgehead atoms. The summed E-state index contributed by atoms with van der Waals surface area (Å²) in [4.78, 5) is 11.7. The molecule has 2 aliphatic rings. The van der Waals surface area contributed by atoms with E-state index in [1.807, 2.05) is 0 Å². The molecule has 0 spiro atoms. The van der Waals surface area contributed by atoms with Crippen molar-refractivity contribution < 1.29 is 9.53 Å². The summed E-state index contributed by atoms with van der Waals surface area (Å²) in [5, 5.41) is 0. The second kappa shape index (κ2) is 9.37. The van der Waals surface area contributed by atoms with Gasteiger partial charge in [0.05, 0.1) is 0 Å². The molecule has 0 aromatic heterocycles. The number of hydrogen-bond acceptors (Lipinski definition) is 2. The predicted octanol–water partition coefficient (Wildman–Crippen LogP) is 5.66. The van der Waals surface area contributed by atoms with Crippen LogP contribution in [0.15, 0.2) is 12.7 Å². The molecule has 0 unspecified atom stereocenters. The quantitative estimate of drug-likeness (QED) is 0.448. The third-order valence-corrected chi connectivity index (χ3v) is 5.82. The molecule has 0 radical (unpaired) electrons. The molecule has 2 aliphatic carbocycles. The fraction of sp³-hybridized carbons (Fsp3) is 0.850. The van der Waals surface area contributed by atoms with Crippen LogP contribution in [0.25, 0.3) is 0 Å². The van der Waals surface area contributed by atoms with Gasteiger partial charge >= 0.3 is 5.97 Å². The van der Waals surface area contributed by atoms with Crippen LogP contribution in [-0.2, 0) is 9.53 Å². The summed E-state index contributed by atoms with van der Waals surface area (Å²) in [6.07, 6.45) is 16.5. The number of hydrogen-bond donors (Lipinski definition) is 0. The Labute approximate surface area is 136 Å². The second-order valence-electron chi connectivity index (χ2n) is 7.42. The molecule has 2 heteroatoms. The maximum absolute atomic E-state index is 11.7. The van der Waals surface area contributed by atoms with E-state index in [1.54, 1.807) is 6.08 Å². The molecule has 2 saturated carbocycles. The van der Waals surface area contributed by atoms with Crippen molar-refractivity contribution in [3.05, 3.63) is 12.7 Å². The van der Waals surface area contributed by atoms with Crippen molar-refractivity contribution in [1.82, 2.24) is 0 Å². The fourth-order valence-corrected chi connectivity index (χ4v) is 4.50. The Morgan fingerprint density at radius 1 is 1.05 bits per heavy atom. The number of allylic oxidation sites excluding steroid dienone is 1. The lowest BCUT2D eigenvalue weighted by Gasteiger charge is -2.37. The van der Waals surface area contributed by atoms with Gasteiger partial charge < -0.3 is 4.74 Å². The Hall–Kier alpha value is -0.790. The van der Waals surface area contributed by atoms with Crippen LogP contribution >= 0.6 is 0 Å². The highest BCUT2D eigenvalue weighted by Gasteiger charge is 2.31. The van der Waals surface area contributed by atoms with Gasteiger partial charge in [0.15, 0.2) is 0 Å². The maximum Gasteiger partial charge on any atom is 0.306 e. The van der Waals surface area contributed by atoms with E-state index in [4.69, 9.17) is 4.74 Å². The number of carbonyl (C=O) groups is 1. The predicted molar refractivity (Wildman–Crippen MR) is 91.6 cm³/mol. The summed E-state index contributed by atoms with van der Waals surface area (Å²) in [7, 11) is 0. The van der Waals surface area contributed by atoms with E-state index in [0.717, 1.165) is 37.0 Å². The minimum absolute atomic E-state index is 0.0385. The normalized spacial score (nSPS) is 32.4. The highest BCUT2D eigenvalue weighted by Crippen LogP contribution is 2.41. The topological polar surface area (TPSA) is 26.3 Å². The van der Waals surface area contributed by atoms with Crippen LogP contribution in [0.5, 0.6) is 0 Å². The Bertz CT molecular complexity index is 334. The monoisotopic (exact) mass is 306 g/mol. The van der Waals surface area contributed by atoms with Gasteiger partial charge in [0, 0.05) is 6.42 Å². The van der Waals surface area contributed by atoms with Gasteiger partial charge in [-0.15, -0.1) is 6.58 Å². The Morgan fingerprint density at radius 3 is 2.18 bits per heavy atom. The third kappa shape index (κ3) is 5.44. The fourth-order valence-electron chi connectivity index (χ4n) is 4.50. The summed E-state index contributed by atoms with van der Waals surface area (Å²) in [6, 6.07) is 0. The Kier molecular flexibility index (Phi) is 7.48. The van der Waals surface area contributed by atoms with Crippen molar-refractivity contribution in [3.63, 3.8) is 0 Å². The van der Waals surface area contributed by atoms with Gasteiger partial charge in [-0.2, -0.15) is 0 Å². The average Bonchev–Trinajstić information content (AvgIpc) is 2.55. The Morgan fingerprint density at radius 2 is 1.64 bits per heavy atom. The number of rotatable bonds is 7. The van der Waals surface area contributed by atoms with Crippen LogP contribution in [0, 0.1) is 17.8 Å². The SMILES string of the molecule is C=CCCC(=O)O[C@H]1CC[C@H]([C@H]2CC[C@H](CCC)CC2)CC1. The first kappa shape index (κ1) is 17.6. The smallest absolute Gasteiger partial charge is 0.306 e. The Balaban J connectivity index is 1.65. The van der Waals surface area contributed by atoms with Crippen molar-refractivity contribution in [2.24, 2.45) is 17.8 Å². The largest absolute Gasteiger partial charge is 0.462 e. The van der Waals surface area contributed by atoms with Crippen LogP contribution in [0.2, 0.25) is 0 Å². The summed E-state index contributed by atoms with van der Waals surface area (Å²) in [5.41, 5.74) is 0. The molecule has 0 aromatic carbocycles. The van der Waals surface area contributed by atoms with Gasteiger partial charge in [-0.3, -0.25) is 4.79 Å². The number of esters is 1. The van der Waals surface area contributed by atoms with Crippen LogP contribution < -0.4 is 0 Å². The first-order valence-electron chi connectivity index (χ1n) is 9.53. The zero-order valence-electron chi connectivity index (χ0n) is 14.4. The van der Waals surface area contributed by atoms with Crippen molar-refractivity contribution >= 4 is 5.97 Å². The molecule has 0 aromatic rings. The lowest BCUT2D eigenvalue weighted by atomic mass is 9.70. The molecular formula is C20H34O2. The summed E-state index contributed by atoms with van der Waals surface area (Å²) < 4.78 is 5.59. The lowest BCUT2D eigenvalue weighted by molar-refractivity contribution is -0.151. The summed E-state index contributed by atoms with van der Waals surface area (Å²) >= 11 is 0. The minimum Gasteiger partial charge on any atom is -0.462 e. The zero-order valence-corrected chi connectivity index (χ0v) is 14.4. The first-order chi connectivity index (χ1) is 10.7. The van der Waals surface area contributed by atoms with E-state index in [9.17, 15) is 4.79 Å². The maximum atomic E-state index is 11.7. The van der Waals surface area contributed by atoms with Crippen molar-refractivity contribution in [2.45, 2.75) is 90.1 Å². The van der Waals surface area contributed by atoms with Crippen LogP contribution in [0.3, 0.4) is 0 Å². The van der Waals surface area contributed by atoms with Gasteiger partial charge in [0.1, 0.15) is 6.10 Å². The number of carbonyl (C=O) groups excluding carboxylic acids is 1. The molecule has 22 heavy (non-hydrogen) atoms. The van der Waals surface area contributed by atoms with Gasteiger partial charge in [0.25, 0.3) is 0 Å². The van der Waals surface area contributed by atoms with Crippen molar-refractivity contribution in [3.8, 4) is 0 Å². The molecule has 0 amide bonds. The van der Waals surface area contributed by atoms with E-state index in [1.165, 1.54) is 51.4 Å². The number of ether oxygens (including phenoxy) is 1. The van der Waals surface area contributed by atoms with Gasteiger partial charge in [-0.1, -0.05) is 38.7 Å². The zero-order chi connectivity index (χ0) is 15.8. The molecular weight excluding hydrogens is 272 g/mol. The molecule has 0 aliphatic heterocycles. The van der Waals surface area contributed by atoms with Crippen LogP contribution in [-0.4, -0.2) is 12.1 Å². The van der Waals surface area contributed by atoms with E-state index in [-0.39, 0.29) is 12.1 Å². The molecule has 0 saturated heterocycles. The van der Waals surface area contributed by atoms with E-state index in [0.29, 0.717) is 6.42 Å². The molecule has 2 rings (SSSR count). The highest BCUT2D eigenvalue weighted by molar-refractivity contribution is 5.69. The van der Waals surface area contributed by atoms with E-state index < -0.39 is 0 Å². The third-order valence-electron chi connectivity index (χ3n) is 5.82.